The predicted octanol–water partition coefficient (Wildman–Crippen LogP) is 1.95. The Kier molecular flexibility index (Phi) is 5.46. The van der Waals surface area contributed by atoms with Crippen molar-refractivity contribution in [2.75, 3.05) is 32.8 Å². The van der Waals surface area contributed by atoms with E-state index in [0.717, 1.165) is 12.5 Å². The van der Waals surface area contributed by atoms with Gasteiger partial charge in [0, 0.05) is 25.2 Å². The van der Waals surface area contributed by atoms with Crippen LogP contribution in [-0.2, 0) is 0 Å². The van der Waals surface area contributed by atoms with Gasteiger partial charge in [0.1, 0.15) is 0 Å². The Bertz CT molecular complexity index is 239. The van der Waals surface area contributed by atoms with Gasteiger partial charge in [-0.1, -0.05) is 13.3 Å². The summed E-state index contributed by atoms with van der Waals surface area (Å²) in [6, 6.07) is 1.07. The van der Waals surface area contributed by atoms with Gasteiger partial charge in [-0.15, -0.1) is 0 Å². The molecule has 0 radical (unpaired) electrons. The molecule has 2 heterocycles. The molecule has 2 unspecified atom stereocenters. The van der Waals surface area contributed by atoms with Crippen LogP contribution in [0.5, 0.6) is 0 Å². The molecule has 0 bridgehead atoms. The van der Waals surface area contributed by atoms with Crippen LogP contribution >= 0.6 is 0 Å². The first-order valence-corrected chi connectivity index (χ1v) is 7.79. The van der Waals surface area contributed by atoms with Crippen molar-refractivity contribution in [2.24, 2.45) is 5.92 Å². The van der Waals surface area contributed by atoms with E-state index in [-0.39, 0.29) is 0 Å². The maximum atomic E-state index is 9.50. The van der Waals surface area contributed by atoms with Gasteiger partial charge >= 0.3 is 0 Å². The summed E-state index contributed by atoms with van der Waals surface area (Å²) in [6.07, 6.45) is 6.48. The van der Waals surface area contributed by atoms with Crippen molar-refractivity contribution in [1.29, 1.82) is 0 Å². The molecule has 0 spiro atoms. The molecule has 2 aliphatic heterocycles. The van der Waals surface area contributed by atoms with Gasteiger partial charge in [0.2, 0.25) is 0 Å². The summed E-state index contributed by atoms with van der Waals surface area (Å²) in [5, 5.41) is 9.50. The molecule has 3 nitrogen and oxygen atoms in total. The van der Waals surface area contributed by atoms with E-state index in [4.69, 9.17) is 0 Å². The van der Waals surface area contributed by atoms with Gasteiger partial charge in [-0.2, -0.15) is 0 Å². The lowest BCUT2D eigenvalue weighted by atomic mass is 9.96. The lowest BCUT2D eigenvalue weighted by Crippen LogP contribution is -2.50. The third-order valence-electron chi connectivity index (χ3n) is 4.96. The average Bonchev–Trinajstić information content (AvgIpc) is 2.39. The minimum Gasteiger partial charge on any atom is -0.395 e. The van der Waals surface area contributed by atoms with Crippen LogP contribution in [0.25, 0.3) is 0 Å². The van der Waals surface area contributed by atoms with Crippen LogP contribution in [0, 0.1) is 5.92 Å². The number of aliphatic hydroxyl groups is 1. The van der Waals surface area contributed by atoms with E-state index in [0.29, 0.717) is 18.7 Å². The fourth-order valence-corrected chi connectivity index (χ4v) is 3.48. The first-order valence-electron chi connectivity index (χ1n) is 7.79. The Labute approximate surface area is 112 Å². The summed E-state index contributed by atoms with van der Waals surface area (Å²) in [5.41, 5.74) is 0. The average molecular weight is 254 g/mol. The summed E-state index contributed by atoms with van der Waals surface area (Å²) in [5.74, 6) is 0.917. The fourth-order valence-electron chi connectivity index (χ4n) is 3.48. The van der Waals surface area contributed by atoms with Gasteiger partial charge in [-0.3, -0.25) is 4.90 Å². The molecule has 0 aromatic carbocycles. The number of nitrogens with zero attached hydrogens (tertiary/aromatic N) is 2. The first-order chi connectivity index (χ1) is 8.70. The van der Waals surface area contributed by atoms with E-state index in [2.05, 4.69) is 23.6 Å². The van der Waals surface area contributed by atoms with Crippen LogP contribution in [0.2, 0.25) is 0 Å². The molecule has 106 valence electrons. The summed E-state index contributed by atoms with van der Waals surface area (Å²) in [4.78, 5) is 5.15. The highest BCUT2D eigenvalue weighted by molar-refractivity contribution is 4.83. The van der Waals surface area contributed by atoms with Crippen molar-refractivity contribution in [1.82, 2.24) is 9.80 Å². The normalized spacial score (nSPS) is 32.8. The Morgan fingerprint density at radius 2 is 1.72 bits per heavy atom. The largest absolute Gasteiger partial charge is 0.395 e. The highest BCUT2D eigenvalue weighted by atomic mass is 16.3. The summed E-state index contributed by atoms with van der Waals surface area (Å²) < 4.78 is 0. The van der Waals surface area contributed by atoms with E-state index < -0.39 is 0 Å². The summed E-state index contributed by atoms with van der Waals surface area (Å²) in [6.45, 7) is 9.89. The van der Waals surface area contributed by atoms with Crippen LogP contribution in [0.3, 0.4) is 0 Å². The lowest BCUT2D eigenvalue weighted by Gasteiger charge is -2.41. The number of hydrogen-bond acceptors (Lipinski definition) is 3. The highest BCUT2D eigenvalue weighted by Crippen LogP contribution is 2.23. The van der Waals surface area contributed by atoms with Crippen LogP contribution in [0.4, 0.5) is 0 Å². The van der Waals surface area contributed by atoms with Crippen molar-refractivity contribution in [3.63, 3.8) is 0 Å². The molecular formula is C15H30N2O. The Hall–Kier alpha value is -0.120. The summed E-state index contributed by atoms with van der Waals surface area (Å²) >= 11 is 0. The highest BCUT2D eigenvalue weighted by Gasteiger charge is 2.27. The zero-order chi connectivity index (χ0) is 13.0. The minimum atomic E-state index is 0.335. The summed E-state index contributed by atoms with van der Waals surface area (Å²) in [7, 11) is 0. The molecule has 0 aromatic heterocycles. The molecule has 2 rings (SSSR count). The molecule has 2 atom stereocenters. The molecule has 0 aliphatic carbocycles. The zero-order valence-corrected chi connectivity index (χ0v) is 12.1. The maximum absolute atomic E-state index is 9.50. The van der Waals surface area contributed by atoms with Crippen molar-refractivity contribution < 1.29 is 5.11 Å². The molecule has 0 aromatic rings. The second-order valence-corrected chi connectivity index (χ2v) is 6.38. The van der Waals surface area contributed by atoms with Gasteiger partial charge in [0.15, 0.2) is 0 Å². The van der Waals surface area contributed by atoms with Crippen molar-refractivity contribution in [3.05, 3.63) is 0 Å². The van der Waals surface area contributed by atoms with E-state index in [1.165, 1.54) is 51.7 Å². The quantitative estimate of drug-likeness (QED) is 0.831. The minimum absolute atomic E-state index is 0.335. The number of rotatable bonds is 4. The molecule has 18 heavy (non-hydrogen) atoms. The monoisotopic (exact) mass is 254 g/mol. The smallest absolute Gasteiger partial charge is 0.0586 e. The number of aliphatic hydroxyl groups excluding tert-OH is 1. The van der Waals surface area contributed by atoms with Crippen molar-refractivity contribution >= 4 is 0 Å². The molecule has 0 amide bonds. The zero-order valence-electron chi connectivity index (χ0n) is 12.1. The topological polar surface area (TPSA) is 26.7 Å². The molecular weight excluding hydrogens is 224 g/mol. The molecule has 1 N–H and O–H groups in total. The number of likely N-dealkylation sites (tertiary alicyclic amines) is 2. The van der Waals surface area contributed by atoms with Crippen LogP contribution in [0.1, 0.15) is 46.0 Å². The van der Waals surface area contributed by atoms with E-state index in [9.17, 15) is 5.11 Å². The molecule has 3 heteroatoms. The molecule has 2 fully saturated rings. The maximum Gasteiger partial charge on any atom is 0.0586 e. The Morgan fingerprint density at radius 3 is 2.39 bits per heavy atom. The molecule has 2 aliphatic rings. The standard InChI is InChI=1S/C15H30N2O/c1-13-6-8-16(9-7-13)10-11-17-14(2)4-3-5-15(17)12-18/h13-15,18H,3-12H2,1-2H3. The van der Waals surface area contributed by atoms with Gasteiger partial charge in [0.25, 0.3) is 0 Å². The van der Waals surface area contributed by atoms with E-state index in [1.807, 2.05) is 0 Å². The Morgan fingerprint density at radius 1 is 1.00 bits per heavy atom. The number of piperidine rings is 2. The van der Waals surface area contributed by atoms with E-state index in [1.54, 1.807) is 0 Å². The fraction of sp³-hybridized carbons (Fsp3) is 1.00. The van der Waals surface area contributed by atoms with Gasteiger partial charge < -0.3 is 10.0 Å². The molecule has 0 saturated carbocycles. The van der Waals surface area contributed by atoms with Gasteiger partial charge in [0.05, 0.1) is 6.61 Å². The SMILES string of the molecule is CC1CCN(CCN2C(C)CCCC2CO)CC1. The second kappa shape index (κ2) is 6.88. The Balaban J connectivity index is 1.76. The second-order valence-electron chi connectivity index (χ2n) is 6.38. The molecule has 2 saturated heterocycles. The van der Waals surface area contributed by atoms with Crippen LogP contribution < -0.4 is 0 Å². The van der Waals surface area contributed by atoms with Crippen molar-refractivity contribution in [3.8, 4) is 0 Å². The van der Waals surface area contributed by atoms with E-state index >= 15 is 0 Å². The third-order valence-corrected chi connectivity index (χ3v) is 4.96. The first kappa shape index (κ1) is 14.3. The third kappa shape index (κ3) is 3.69. The van der Waals surface area contributed by atoms with Gasteiger partial charge in [-0.05, 0) is 51.6 Å². The predicted molar refractivity (Wildman–Crippen MR) is 75.7 cm³/mol. The van der Waals surface area contributed by atoms with Crippen LogP contribution in [0.15, 0.2) is 0 Å². The lowest BCUT2D eigenvalue weighted by molar-refractivity contribution is 0.0397. The van der Waals surface area contributed by atoms with Gasteiger partial charge in [-0.25, -0.2) is 0 Å². The van der Waals surface area contributed by atoms with Crippen LogP contribution in [-0.4, -0.2) is 59.8 Å². The number of hydrogen-bond donors (Lipinski definition) is 1. The van der Waals surface area contributed by atoms with Crippen molar-refractivity contribution in [2.45, 2.75) is 58.0 Å².